The summed E-state index contributed by atoms with van der Waals surface area (Å²) in [7, 11) is 0. The van der Waals surface area contributed by atoms with E-state index < -0.39 is 18.5 Å². The van der Waals surface area contributed by atoms with Crippen LogP contribution in [-0.4, -0.2) is 48.8 Å². The van der Waals surface area contributed by atoms with Crippen molar-refractivity contribution in [3.63, 3.8) is 0 Å². The monoisotopic (exact) mass is 277 g/mol. The lowest BCUT2D eigenvalue weighted by atomic mass is 9.83. The molecule has 110 valence electrons. The molecule has 1 saturated heterocycles. The van der Waals surface area contributed by atoms with E-state index in [1.165, 1.54) is 0 Å². The minimum atomic E-state index is -1.35. The second-order valence-electron chi connectivity index (χ2n) is 6.27. The van der Waals surface area contributed by atoms with E-state index in [1.807, 2.05) is 0 Å². The van der Waals surface area contributed by atoms with Crippen LogP contribution in [0, 0.1) is 5.92 Å². The maximum absolute atomic E-state index is 13.5. The Morgan fingerprint density at radius 1 is 0.895 bits per heavy atom. The van der Waals surface area contributed by atoms with Crippen LogP contribution < -0.4 is 0 Å². The molecule has 2 saturated carbocycles. The maximum atomic E-state index is 13.5. The zero-order valence-corrected chi connectivity index (χ0v) is 11.1. The highest BCUT2D eigenvalue weighted by atomic mass is 19.2. The molecule has 3 rings (SSSR count). The predicted molar refractivity (Wildman–Crippen MR) is 66.1 cm³/mol. The van der Waals surface area contributed by atoms with Gasteiger partial charge in [-0.15, -0.1) is 0 Å². The topological polar surface area (TPSA) is 12.5 Å². The first-order valence-corrected chi connectivity index (χ1v) is 7.41. The van der Waals surface area contributed by atoms with Crippen LogP contribution in [0.1, 0.15) is 38.5 Å². The van der Waals surface area contributed by atoms with Crippen LogP contribution in [0.25, 0.3) is 0 Å². The van der Waals surface area contributed by atoms with E-state index in [-0.39, 0.29) is 24.5 Å². The van der Waals surface area contributed by atoms with E-state index in [9.17, 15) is 13.2 Å². The molecule has 0 amide bonds. The van der Waals surface area contributed by atoms with Crippen molar-refractivity contribution >= 4 is 0 Å². The lowest BCUT2D eigenvalue weighted by molar-refractivity contribution is -0.144. The van der Waals surface area contributed by atoms with E-state index in [4.69, 9.17) is 4.74 Å². The van der Waals surface area contributed by atoms with Gasteiger partial charge in [0.1, 0.15) is 18.5 Å². The average Bonchev–Trinajstić information content (AvgIpc) is 2.41. The molecule has 0 radical (unpaired) electrons. The molecule has 5 heteroatoms. The smallest absolute Gasteiger partial charge is 0.133 e. The van der Waals surface area contributed by atoms with Crippen molar-refractivity contribution in [1.29, 1.82) is 0 Å². The molecule has 6 atom stereocenters. The van der Waals surface area contributed by atoms with Crippen molar-refractivity contribution in [3.05, 3.63) is 0 Å². The van der Waals surface area contributed by atoms with Gasteiger partial charge in [0.25, 0.3) is 0 Å². The van der Waals surface area contributed by atoms with Gasteiger partial charge in [-0.3, -0.25) is 4.90 Å². The summed E-state index contributed by atoms with van der Waals surface area (Å²) >= 11 is 0. The van der Waals surface area contributed by atoms with Gasteiger partial charge in [0.2, 0.25) is 0 Å². The SMILES string of the molecule is FC1CCC2OCN(C3CCC(F)C(F)C3)CC2C1. The van der Waals surface area contributed by atoms with Gasteiger partial charge in [-0.25, -0.2) is 13.2 Å². The Hall–Kier alpha value is -0.290. The van der Waals surface area contributed by atoms with E-state index >= 15 is 0 Å². The number of ether oxygens (including phenoxy) is 1. The fourth-order valence-corrected chi connectivity index (χ4v) is 3.78. The van der Waals surface area contributed by atoms with E-state index in [2.05, 4.69) is 4.90 Å². The number of nitrogens with zero attached hydrogens (tertiary/aromatic N) is 1. The third-order valence-corrected chi connectivity index (χ3v) is 4.95. The second kappa shape index (κ2) is 5.60. The van der Waals surface area contributed by atoms with Crippen LogP contribution in [0.3, 0.4) is 0 Å². The van der Waals surface area contributed by atoms with Gasteiger partial charge in [0, 0.05) is 18.5 Å². The fraction of sp³-hybridized carbons (Fsp3) is 1.00. The Labute approximate surface area is 112 Å². The van der Waals surface area contributed by atoms with Gasteiger partial charge < -0.3 is 4.74 Å². The predicted octanol–water partition coefficient (Wildman–Crippen LogP) is 3.01. The van der Waals surface area contributed by atoms with Crippen molar-refractivity contribution < 1.29 is 17.9 Å². The zero-order chi connectivity index (χ0) is 13.4. The largest absolute Gasteiger partial charge is 0.362 e. The Balaban J connectivity index is 1.58. The highest BCUT2D eigenvalue weighted by Gasteiger charge is 2.40. The third-order valence-electron chi connectivity index (χ3n) is 4.95. The normalized spacial score (nSPS) is 48.8. The van der Waals surface area contributed by atoms with Crippen LogP contribution in [0.4, 0.5) is 13.2 Å². The van der Waals surface area contributed by atoms with Gasteiger partial charge in [0.05, 0.1) is 12.8 Å². The summed E-state index contributed by atoms with van der Waals surface area (Å²) in [6, 6.07) is 0.0583. The van der Waals surface area contributed by atoms with Crippen LogP contribution in [-0.2, 0) is 4.74 Å². The molecule has 0 N–H and O–H groups in total. The molecule has 1 heterocycles. The van der Waals surface area contributed by atoms with Crippen molar-refractivity contribution in [3.8, 4) is 0 Å². The Kier molecular flexibility index (Phi) is 4.03. The molecule has 3 aliphatic rings. The number of halogens is 3. The molecule has 0 aromatic heterocycles. The molecular formula is C14H22F3NO. The standard InChI is InChI=1S/C14H22F3NO/c15-10-1-4-14-9(5-10)7-18(8-19-14)11-2-3-12(16)13(17)6-11/h9-14H,1-8H2. The third kappa shape index (κ3) is 2.92. The Morgan fingerprint density at radius 3 is 2.53 bits per heavy atom. The molecule has 0 bridgehead atoms. The molecule has 1 aliphatic heterocycles. The molecule has 6 unspecified atom stereocenters. The van der Waals surface area contributed by atoms with Gasteiger partial charge in [-0.05, 0) is 38.5 Å². The summed E-state index contributed by atoms with van der Waals surface area (Å²) < 4.78 is 45.9. The fourth-order valence-electron chi connectivity index (χ4n) is 3.78. The first-order chi connectivity index (χ1) is 9.13. The van der Waals surface area contributed by atoms with E-state index in [0.717, 1.165) is 13.0 Å². The molecule has 0 spiro atoms. The van der Waals surface area contributed by atoms with Gasteiger partial charge in [-0.1, -0.05) is 0 Å². The molecule has 0 aromatic rings. The number of alkyl halides is 3. The lowest BCUT2D eigenvalue weighted by Crippen LogP contribution is -2.53. The number of hydrogen-bond donors (Lipinski definition) is 0. The first-order valence-electron chi connectivity index (χ1n) is 7.41. The van der Waals surface area contributed by atoms with Crippen molar-refractivity contribution in [2.45, 2.75) is 69.2 Å². The number of hydrogen-bond acceptors (Lipinski definition) is 2. The highest BCUT2D eigenvalue weighted by Crippen LogP contribution is 2.35. The maximum Gasteiger partial charge on any atom is 0.133 e. The summed E-state index contributed by atoms with van der Waals surface area (Å²) in [6.45, 7) is 1.27. The van der Waals surface area contributed by atoms with Crippen LogP contribution in [0.5, 0.6) is 0 Å². The van der Waals surface area contributed by atoms with E-state index in [0.29, 0.717) is 32.4 Å². The molecular weight excluding hydrogens is 255 g/mol. The van der Waals surface area contributed by atoms with Crippen LogP contribution in [0.15, 0.2) is 0 Å². The Bertz CT molecular complexity index is 317. The van der Waals surface area contributed by atoms with Crippen molar-refractivity contribution in [2.24, 2.45) is 5.92 Å². The van der Waals surface area contributed by atoms with Gasteiger partial charge in [0.15, 0.2) is 0 Å². The summed E-state index contributed by atoms with van der Waals surface area (Å²) in [4.78, 5) is 2.09. The quantitative estimate of drug-likeness (QED) is 0.730. The second-order valence-corrected chi connectivity index (χ2v) is 6.27. The molecule has 3 fully saturated rings. The summed E-state index contributed by atoms with van der Waals surface area (Å²) in [5.74, 6) is 0.221. The lowest BCUT2D eigenvalue weighted by Gasteiger charge is -2.46. The van der Waals surface area contributed by atoms with Gasteiger partial charge in [-0.2, -0.15) is 0 Å². The minimum Gasteiger partial charge on any atom is -0.362 e. The molecule has 2 aliphatic carbocycles. The number of fused-ring (bicyclic) bond motifs is 1. The first kappa shape index (κ1) is 13.7. The summed E-state index contributed by atoms with van der Waals surface area (Å²) in [5, 5.41) is 0. The van der Waals surface area contributed by atoms with Gasteiger partial charge >= 0.3 is 0 Å². The minimum absolute atomic E-state index is 0.0583. The zero-order valence-electron chi connectivity index (χ0n) is 11.1. The molecule has 19 heavy (non-hydrogen) atoms. The average molecular weight is 277 g/mol. The summed E-state index contributed by atoms with van der Waals surface area (Å²) in [5.41, 5.74) is 0. The van der Waals surface area contributed by atoms with E-state index in [1.54, 1.807) is 0 Å². The molecule has 2 nitrogen and oxygen atoms in total. The van der Waals surface area contributed by atoms with Crippen molar-refractivity contribution in [2.75, 3.05) is 13.3 Å². The van der Waals surface area contributed by atoms with Crippen LogP contribution >= 0.6 is 0 Å². The van der Waals surface area contributed by atoms with Crippen molar-refractivity contribution in [1.82, 2.24) is 4.90 Å². The summed E-state index contributed by atoms with van der Waals surface area (Å²) in [6.07, 6.45) is -0.0365. The molecule has 0 aromatic carbocycles. The number of rotatable bonds is 1. The van der Waals surface area contributed by atoms with Crippen LogP contribution in [0.2, 0.25) is 0 Å². The highest BCUT2D eigenvalue weighted by molar-refractivity contribution is 4.90. The Morgan fingerprint density at radius 2 is 1.74 bits per heavy atom.